The van der Waals surface area contributed by atoms with Crippen LogP contribution < -0.4 is 14.8 Å². The van der Waals surface area contributed by atoms with Crippen LogP contribution in [0.2, 0.25) is 5.02 Å². The molecule has 3 rings (SSSR count). The van der Waals surface area contributed by atoms with E-state index in [2.05, 4.69) is 5.32 Å². The molecule has 1 aliphatic rings. The fourth-order valence-electron chi connectivity index (χ4n) is 2.09. The molecule has 1 heterocycles. The van der Waals surface area contributed by atoms with Gasteiger partial charge in [-0.1, -0.05) is 17.7 Å². The lowest BCUT2D eigenvalue weighted by molar-refractivity contribution is 0.0697. The third kappa shape index (κ3) is 2.87. The van der Waals surface area contributed by atoms with E-state index in [4.69, 9.17) is 26.2 Å². The molecule has 0 saturated carbocycles. The molecule has 2 aromatic rings. The Morgan fingerprint density at radius 2 is 2.14 bits per heavy atom. The lowest BCUT2D eigenvalue weighted by Crippen LogP contribution is -2.02. The maximum Gasteiger partial charge on any atom is 0.335 e. The highest BCUT2D eigenvalue weighted by Crippen LogP contribution is 2.39. The summed E-state index contributed by atoms with van der Waals surface area (Å²) >= 11 is 6.11. The zero-order chi connectivity index (χ0) is 14.8. The Balaban J connectivity index is 1.75. The predicted octanol–water partition coefficient (Wildman–Crippen LogP) is 3.38. The summed E-state index contributed by atoms with van der Waals surface area (Å²) in [6.45, 7) is 0.673. The van der Waals surface area contributed by atoms with Crippen LogP contribution in [0, 0.1) is 0 Å². The van der Waals surface area contributed by atoms with Crippen LogP contribution in [0.5, 0.6) is 11.5 Å². The van der Waals surface area contributed by atoms with Gasteiger partial charge in [0.05, 0.1) is 10.6 Å². The van der Waals surface area contributed by atoms with E-state index in [9.17, 15) is 4.79 Å². The van der Waals surface area contributed by atoms with Gasteiger partial charge in [-0.05, 0) is 35.9 Å². The molecule has 0 spiro atoms. The van der Waals surface area contributed by atoms with Gasteiger partial charge >= 0.3 is 5.97 Å². The first kappa shape index (κ1) is 13.6. The summed E-state index contributed by atoms with van der Waals surface area (Å²) in [5.74, 6) is 0.233. The van der Waals surface area contributed by atoms with E-state index in [1.807, 2.05) is 6.07 Å². The number of halogens is 1. The maximum atomic E-state index is 10.9. The Morgan fingerprint density at radius 1 is 1.29 bits per heavy atom. The molecule has 0 saturated heterocycles. The molecule has 1 aliphatic heterocycles. The summed E-state index contributed by atoms with van der Waals surface area (Å²) in [7, 11) is 0. The van der Waals surface area contributed by atoms with Crippen LogP contribution in [0.15, 0.2) is 36.4 Å². The molecule has 0 fully saturated rings. The van der Waals surface area contributed by atoms with Crippen molar-refractivity contribution in [1.82, 2.24) is 0 Å². The Labute approximate surface area is 126 Å². The smallest absolute Gasteiger partial charge is 0.335 e. The molecular weight excluding hydrogens is 294 g/mol. The summed E-state index contributed by atoms with van der Waals surface area (Å²) < 4.78 is 10.6. The molecule has 0 unspecified atom stereocenters. The Bertz CT molecular complexity index is 702. The van der Waals surface area contributed by atoms with E-state index >= 15 is 0 Å². The van der Waals surface area contributed by atoms with E-state index in [1.54, 1.807) is 30.3 Å². The highest BCUT2D eigenvalue weighted by atomic mass is 35.5. The van der Waals surface area contributed by atoms with Crippen LogP contribution in [0.3, 0.4) is 0 Å². The van der Waals surface area contributed by atoms with E-state index in [0.717, 1.165) is 11.3 Å². The molecular formula is C15H12ClNO4. The van der Waals surface area contributed by atoms with E-state index in [1.165, 1.54) is 0 Å². The minimum absolute atomic E-state index is 0.173. The van der Waals surface area contributed by atoms with Crippen molar-refractivity contribution in [2.75, 3.05) is 12.1 Å². The van der Waals surface area contributed by atoms with Crippen LogP contribution in [0.4, 0.5) is 5.69 Å². The molecule has 0 aromatic heterocycles. The van der Waals surface area contributed by atoms with E-state index in [-0.39, 0.29) is 12.4 Å². The molecule has 6 heteroatoms. The van der Waals surface area contributed by atoms with Gasteiger partial charge in [-0.3, -0.25) is 0 Å². The number of carbonyl (C=O) groups is 1. The summed E-state index contributed by atoms with van der Waals surface area (Å²) in [6, 6.07) is 10.3. The molecule has 5 nitrogen and oxygen atoms in total. The highest BCUT2D eigenvalue weighted by molar-refractivity contribution is 6.32. The molecule has 0 aliphatic carbocycles. The van der Waals surface area contributed by atoms with Crippen molar-refractivity contribution in [1.29, 1.82) is 0 Å². The van der Waals surface area contributed by atoms with Crippen LogP contribution in [0.1, 0.15) is 15.9 Å². The van der Waals surface area contributed by atoms with Crippen LogP contribution in [-0.2, 0) is 6.54 Å². The third-order valence-corrected chi connectivity index (χ3v) is 3.37. The number of nitrogens with one attached hydrogen (secondary N) is 1. The van der Waals surface area contributed by atoms with Crippen LogP contribution in [0.25, 0.3) is 0 Å². The number of anilines is 1. The number of benzene rings is 2. The number of fused-ring (bicyclic) bond motifs is 1. The largest absolute Gasteiger partial charge is 0.478 e. The van der Waals surface area contributed by atoms with Gasteiger partial charge in [-0.2, -0.15) is 0 Å². The van der Waals surface area contributed by atoms with Crippen molar-refractivity contribution < 1.29 is 19.4 Å². The lowest BCUT2D eigenvalue weighted by atomic mass is 10.1. The van der Waals surface area contributed by atoms with E-state index < -0.39 is 5.97 Å². The molecule has 2 N–H and O–H groups in total. The molecule has 0 radical (unpaired) electrons. The Kier molecular flexibility index (Phi) is 3.58. The summed E-state index contributed by atoms with van der Waals surface area (Å²) in [5.41, 5.74) is 1.89. The van der Waals surface area contributed by atoms with Crippen molar-refractivity contribution >= 4 is 23.3 Å². The van der Waals surface area contributed by atoms with Crippen molar-refractivity contribution in [3.8, 4) is 11.5 Å². The first-order valence-electron chi connectivity index (χ1n) is 6.29. The second-order valence-corrected chi connectivity index (χ2v) is 4.96. The first-order chi connectivity index (χ1) is 10.1. The summed E-state index contributed by atoms with van der Waals surface area (Å²) in [4.78, 5) is 10.9. The van der Waals surface area contributed by atoms with Crippen molar-refractivity contribution in [2.45, 2.75) is 6.54 Å². The predicted molar refractivity (Wildman–Crippen MR) is 78.3 cm³/mol. The fraction of sp³-hybridized carbons (Fsp3) is 0.133. The van der Waals surface area contributed by atoms with Gasteiger partial charge in [0, 0.05) is 12.2 Å². The molecule has 0 amide bonds. The van der Waals surface area contributed by atoms with Crippen molar-refractivity contribution in [3.63, 3.8) is 0 Å². The van der Waals surface area contributed by atoms with Gasteiger partial charge in [0.1, 0.15) is 0 Å². The van der Waals surface area contributed by atoms with Crippen molar-refractivity contribution in [2.24, 2.45) is 0 Å². The number of hydrogen-bond acceptors (Lipinski definition) is 4. The molecule has 0 atom stereocenters. The topological polar surface area (TPSA) is 67.8 Å². The van der Waals surface area contributed by atoms with E-state index in [0.29, 0.717) is 23.1 Å². The molecule has 2 aromatic carbocycles. The standard InChI is InChI=1S/C15H12ClNO4/c16-12-4-9(5-13-14(12)21-8-20-13)7-17-11-3-1-2-10(6-11)15(18)19/h1-6,17H,7-8H2,(H,18,19). The van der Waals surface area contributed by atoms with Crippen LogP contribution in [-0.4, -0.2) is 17.9 Å². The van der Waals surface area contributed by atoms with Gasteiger partial charge in [-0.15, -0.1) is 0 Å². The first-order valence-corrected chi connectivity index (χ1v) is 6.66. The normalized spacial score (nSPS) is 12.2. The van der Waals surface area contributed by atoms with Gasteiger partial charge < -0.3 is 19.9 Å². The molecule has 0 bridgehead atoms. The number of hydrogen-bond donors (Lipinski definition) is 2. The number of ether oxygens (including phenoxy) is 2. The SMILES string of the molecule is O=C(O)c1cccc(NCc2cc(Cl)c3c(c2)OCO3)c1. The zero-order valence-electron chi connectivity index (χ0n) is 10.9. The average Bonchev–Trinajstić information content (AvgIpc) is 2.94. The lowest BCUT2D eigenvalue weighted by Gasteiger charge is -2.09. The maximum absolute atomic E-state index is 10.9. The second kappa shape index (κ2) is 5.54. The summed E-state index contributed by atoms with van der Waals surface area (Å²) in [5, 5.41) is 12.6. The molecule has 108 valence electrons. The number of carboxylic acid groups (broad SMARTS) is 1. The van der Waals surface area contributed by atoms with Gasteiger partial charge in [0.2, 0.25) is 6.79 Å². The second-order valence-electron chi connectivity index (χ2n) is 4.55. The zero-order valence-corrected chi connectivity index (χ0v) is 11.7. The van der Waals surface area contributed by atoms with Gasteiger partial charge in [0.15, 0.2) is 11.5 Å². The van der Waals surface area contributed by atoms with Crippen LogP contribution >= 0.6 is 11.6 Å². The Hall–Kier alpha value is -2.40. The molecule has 21 heavy (non-hydrogen) atoms. The minimum Gasteiger partial charge on any atom is -0.478 e. The van der Waals surface area contributed by atoms with Gasteiger partial charge in [0.25, 0.3) is 0 Å². The monoisotopic (exact) mass is 305 g/mol. The number of carboxylic acids is 1. The number of aromatic carboxylic acids is 1. The quantitative estimate of drug-likeness (QED) is 0.906. The fourth-order valence-corrected chi connectivity index (χ4v) is 2.38. The Morgan fingerprint density at radius 3 is 2.95 bits per heavy atom. The van der Waals surface area contributed by atoms with Gasteiger partial charge in [-0.25, -0.2) is 4.79 Å². The average molecular weight is 306 g/mol. The third-order valence-electron chi connectivity index (χ3n) is 3.09. The number of rotatable bonds is 4. The highest BCUT2D eigenvalue weighted by Gasteiger charge is 2.18. The minimum atomic E-state index is -0.954. The summed E-state index contributed by atoms with van der Waals surface area (Å²) in [6.07, 6.45) is 0. The van der Waals surface area contributed by atoms with Crippen molar-refractivity contribution in [3.05, 3.63) is 52.5 Å².